The fraction of sp³-hybridized carbons (Fsp3) is 0.176. The molecule has 2 aromatic heterocycles. The van der Waals surface area contributed by atoms with Gasteiger partial charge in [0, 0.05) is 21.6 Å². The van der Waals surface area contributed by atoms with E-state index in [1.54, 1.807) is 6.20 Å². The Morgan fingerprint density at radius 1 is 1.32 bits per heavy atom. The lowest BCUT2D eigenvalue weighted by Crippen LogP contribution is -2.27. The van der Waals surface area contributed by atoms with Gasteiger partial charge in [0.2, 0.25) is 0 Å². The monoisotopic (exact) mass is 358 g/mol. The number of pyridine rings is 1. The summed E-state index contributed by atoms with van der Waals surface area (Å²) in [6, 6.07) is 11.1. The molecule has 1 N–H and O–H groups in total. The molecular formula is C17H15BrN2O2. The summed E-state index contributed by atoms with van der Waals surface area (Å²) in [4.78, 5) is 16.7. The number of hydrogen-bond acceptors (Lipinski definition) is 3. The van der Waals surface area contributed by atoms with Crippen molar-refractivity contribution in [3.8, 4) is 0 Å². The molecule has 22 heavy (non-hydrogen) atoms. The van der Waals surface area contributed by atoms with Crippen LogP contribution in [0.5, 0.6) is 0 Å². The van der Waals surface area contributed by atoms with Crippen LogP contribution in [-0.2, 0) is 0 Å². The number of hydrogen-bond donors (Lipinski definition) is 1. The number of halogens is 1. The maximum Gasteiger partial charge on any atom is 0.287 e. The number of carbonyl (C=O) groups excluding carboxylic acids is 1. The van der Waals surface area contributed by atoms with Crippen LogP contribution in [0.2, 0.25) is 0 Å². The van der Waals surface area contributed by atoms with E-state index < -0.39 is 0 Å². The first-order chi connectivity index (χ1) is 10.6. The van der Waals surface area contributed by atoms with Gasteiger partial charge in [-0.1, -0.05) is 22.0 Å². The van der Waals surface area contributed by atoms with Gasteiger partial charge in [0.05, 0.1) is 11.7 Å². The van der Waals surface area contributed by atoms with Crippen molar-refractivity contribution in [3.05, 3.63) is 64.1 Å². The van der Waals surface area contributed by atoms with E-state index in [-0.39, 0.29) is 11.9 Å². The normalized spacial score (nSPS) is 12.3. The van der Waals surface area contributed by atoms with Crippen LogP contribution in [0.3, 0.4) is 0 Å². The molecule has 4 nitrogen and oxygen atoms in total. The van der Waals surface area contributed by atoms with Crippen LogP contribution in [0.4, 0.5) is 0 Å². The predicted molar refractivity (Wildman–Crippen MR) is 88.8 cm³/mol. The van der Waals surface area contributed by atoms with Gasteiger partial charge < -0.3 is 9.73 Å². The van der Waals surface area contributed by atoms with Gasteiger partial charge in [-0.15, -0.1) is 0 Å². The fourth-order valence-electron chi connectivity index (χ4n) is 2.38. The maximum absolute atomic E-state index is 12.5. The van der Waals surface area contributed by atoms with Crippen molar-refractivity contribution >= 4 is 32.8 Å². The van der Waals surface area contributed by atoms with E-state index in [0.29, 0.717) is 11.3 Å². The van der Waals surface area contributed by atoms with Crippen molar-refractivity contribution in [2.45, 2.75) is 19.9 Å². The maximum atomic E-state index is 12.5. The van der Waals surface area contributed by atoms with Crippen LogP contribution in [0, 0.1) is 6.92 Å². The highest BCUT2D eigenvalue weighted by Crippen LogP contribution is 2.28. The lowest BCUT2D eigenvalue weighted by molar-refractivity contribution is 0.0912. The second-order valence-corrected chi connectivity index (χ2v) is 6.06. The van der Waals surface area contributed by atoms with Gasteiger partial charge in [0.1, 0.15) is 5.58 Å². The Bertz CT molecular complexity index is 827. The summed E-state index contributed by atoms with van der Waals surface area (Å²) < 4.78 is 6.66. The highest BCUT2D eigenvalue weighted by molar-refractivity contribution is 9.10. The first kappa shape index (κ1) is 14.8. The third kappa shape index (κ3) is 2.76. The Labute approximate surface area is 136 Å². The molecule has 3 rings (SSSR count). The van der Waals surface area contributed by atoms with Gasteiger partial charge in [0.25, 0.3) is 5.91 Å². The van der Waals surface area contributed by atoms with Crippen LogP contribution in [0.1, 0.15) is 34.8 Å². The summed E-state index contributed by atoms with van der Waals surface area (Å²) in [5.41, 5.74) is 2.35. The SMILES string of the molecule is Cc1c(C(=O)NC(C)c2ccccn2)oc2ccc(Br)cc12. The molecule has 1 amide bonds. The molecule has 0 aliphatic carbocycles. The van der Waals surface area contributed by atoms with E-state index in [2.05, 4.69) is 26.2 Å². The van der Waals surface area contributed by atoms with E-state index in [4.69, 9.17) is 4.42 Å². The van der Waals surface area contributed by atoms with Crippen molar-refractivity contribution in [2.24, 2.45) is 0 Å². The van der Waals surface area contributed by atoms with Gasteiger partial charge in [-0.3, -0.25) is 9.78 Å². The fourth-order valence-corrected chi connectivity index (χ4v) is 2.74. The van der Waals surface area contributed by atoms with Crippen LogP contribution < -0.4 is 5.32 Å². The van der Waals surface area contributed by atoms with Crippen molar-refractivity contribution in [1.82, 2.24) is 10.3 Å². The molecule has 5 heteroatoms. The Hall–Kier alpha value is -2.14. The van der Waals surface area contributed by atoms with Crippen LogP contribution in [-0.4, -0.2) is 10.9 Å². The quantitative estimate of drug-likeness (QED) is 0.755. The van der Waals surface area contributed by atoms with E-state index in [1.165, 1.54) is 0 Å². The summed E-state index contributed by atoms with van der Waals surface area (Å²) >= 11 is 3.43. The largest absolute Gasteiger partial charge is 0.451 e. The molecule has 0 saturated carbocycles. The number of benzene rings is 1. The Morgan fingerprint density at radius 3 is 2.86 bits per heavy atom. The minimum Gasteiger partial charge on any atom is -0.451 e. The summed E-state index contributed by atoms with van der Waals surface area (Å²) in [7, 11) is 0. The third-order valence-electron chi connectivity index (χ3n) is 3.58. The van der Waals surface area contributed by atoms with E-state index in [1.807, 2.05) is 50.2 Å². The molecule has 1 unspecified atom stereocenters. The van der Waals surface area contributed by atoms with E-state index in [9.17, 15) is 4.79 Å². The summed E-state index contributed by atoms with van der Waals surface area (Å²) in [6.07, 6.45) is 1.71. The lowest BCUT2D eigenvalue weighted by Gasteiger charge is -2.12. The highest BCUT2D eigenvalue weighted by Gasteiger charge is 2.20. The molecule has 0 bridgehead atoms. The second-order valence-electron chi connectivity index (χ2n) is 5.15. The van der Waals surface area contributed by atoms with Crippen molar-refractivity contribution in [3.63, 3.8) is 0 Å². The number of aromatic nitrogens is 1. The highest BCUT2D eigenvalue weighted by atomic mass is 79.9. The Kier molecular flexibility index (Phi) is 3.98. The van der Waals surface area contributed by atoms with Gasteiger partial charge >= 0.3 is 0 Å². The van der Waals surface area contributed by atoms with E-state index in [0.717, 1.165) is 21.1 Å². The zero-order chi connectivity index (χ0) is 15.7. The van der Waals surface area contributed by atoms with E-state index >= 15 is 0 Å². The molecule has 3 aromatic rings. The first-order valence-corrected chi connectivity index (χ1v) is 7.76. The molecule has 1 atom stereocenters. The summed E-state index contributed by atoms with van der Waals surface area (Å²) in [5.74, 6) is 0.110. The smallest absolute Gasteiger partial charge is 0.287 e. The Balaban J connectivity index is 1.88. The van der Waals surface area contributed by atoms with Crippen LogP contribution >= 0.6 is 15.9 Å². The number of nitrogens with zero attached hydrogens (tertiary/aromatic N) is 1. The van der Waals surface area contributed by atoms with Crippen molar-refractivity contribution in [1.29, 1.82) is 0 Å². The minimum absolute atomic E-state index is 0.187. The molecule has 0 aliphatic rings. The van der Waals surface area contributed by atoms with Gasteiger partial charge in [-0.2, -0.15) is 0 Å². The molecule has 0 fully saturated rings. The standard InChI is InChI=1S/C17H15BrN2O2/c1-10-13-9-12(18)6-7-15(13)22-16(10)17(21)20-11(2)14-5-3-4-8-19-14/h3-9,11H,1-2H3,(H,20,21). The van der Waals surface area contributed by atoms with Gasteiger partial charge in [-0.25, -0.2) is 0 Å². The number of amides is 1. The van der Waals surface area contributed by atoms with Crippen LogP contribution in [0.15, 0.2) is 51.5 Å². The average molecular weight is 359 g/mol. The zero-order valence-corrected chi connectivity index (χ0v) is 13.8. The molecular weight excluding hydrogens is 344 g/mol. The molecule has 0 saturated heterocycles. The molecule has 0 radical (unpaired) electrons. The number of nitrogens with one attached hydrogen (secondary N) is 1. The number of rotatable bonds is 3. The average Bonchev–Trinajstić information content (AvgIpc) is 2.85. The predicted octanol–water partition coefficient (Wildman–Crippen LogP) is 4.39. The molecule has 1 aromatic carbocycles. The number of fused-ring (bicyclic) bond motifs is 1. The van der Waals surface area contributed by atoms with Crippen molar-refractivity contribution < 1.29 is 9.21 Å². The molecule has 0 spiro atoms. The zero-order valence-electron chi connectivity index (χ0n) is 12.3. The number of carbonyl (C=O) groups is 1. The number of furan rings is 1. The molecule has 0 aliphatic heterocycles. The van der Waals surface area contributed by atoms with Crippen LogP contribution in [0.25, 0.3) is 11.0 Å². The third-order valence-corrected chi connectivity index (χ3v) is 4.08. The second kappa shape index (κ2) is 5.93. The lowest BCUT2D eigenvalue weighted by atomic mass is 10.1. The summed E-state index contributed by atoms with van der Waals surface area (Å²) in [6.45, 7) is 3.79. The number of aryl methyl sites for hydroxylation is 1. The van der Waals surface area contributed by atoms with Gasteiger partial charge in [0.15, 0.2) is 5.76 Å². The first-order valence-electron chi connectivity index (χ1n) is 6.96. The molecule has 2 heterocycles. The Morgan fingerprint density at radius 2 is 2.14 bits per heavy atom. The minimum atomic E-state index is -0.233. The molecule has 112 valence electrons. The topological polar surface area (TPSA) is 55.1 Å². The van der Waals surface area contributed by atoms with Gasteiger partial charge in [-0.05, 0) is 44.2 Å². The summed E-state index contributed by atoms with van der Waals surface area (Å²) in [5, 5.41) is 3.86. The van der Waals surface area contributed by atoms with Crippen molar-refractivity contribution in [2.75, 3.05) is 0 Å².